The maximum absolute atomic E-state index is 11.6. The van der Waals surface area contributed by atoms with Crippen LogP contribution in [0.3, 0.4) is 0 Å². The van der Waals surface area contributed by atoms with E-state index in [0.717, 1.165) is 12.8 Å². The molecule has 16 heavy (non-hydrogen) atoms. The van der Waals surface area contributed by atoms with E-state index in [4.69, 9.17) is 14.2 Å². The summed E-state index contributed by atoms with van der Waals surface area (Å²) in [5, 5.41) is 3.18. The van der Waals surface area contributed by atoms with Gasteiger partial charge in [-0.1, -0.05) is 0 Å². The number of ether oxygens (including phenoxy) is 3. The van der Waals surface area contributed by atoms with Crippen LogP contribution in [0.2, 0.25) is 0 Å². The molecule has 2 heterocycles. The molecule has 0 aromatic carbocycles. The minimum atomic E-state index is -0.413. The van der Waals surface area contributed by atoms with Crippen molar-refractivity contribution in [2.24, 2.45) is 0 Å². The molecular formula is C10H18ClNO4. The second-order valence-electron chi connectivity index (χ2n) is 3.94. The second-order valence-corrected chi connectivity index (χ2v) is 3.94. The minimum absolute atomic E-state index is 0. The van der Waals surface area contributed by atoms with Crippen LogP contribution in [0, 0.1) is 0 Å². The summed E-state index contributed by atoms with van der Waals surface area (Å²) in [6.45, 7) is 2.64. The van der Waals surface area contributed by atoms with E-state index in [1.807, 2.05) is 0 Å². The lowest BCUT2D eigenvalue weighted by Crippen LogP contribution is -2.63. The molecule has 1 atom stereocenters. The normalized spacial score (nSPS) is 28.2. The molecule has 6 heteroatoms. The van der Waals surface area contributed by atoms with Crippen LogP contribution >= 0.6 is 12.4 Å². The molecule has 2 aliphatic rings. The molecule has 1 spiro atoms. The number of esters is 1. The van der Waals surface area contributed by atoms with Crippen LogP contribution in [-0.4, -0.2) is 51.1 Å². The highest BCUT2D eigenvalue weighted by atomic mass is 35.5. The third kappa shape index (κ3) is 2.48. The Labute approximate surface area is 101 Å². The van der Waals surface area contributed by atoms with Crippen LogP contribution < -0.4 is 5.32 Å². The first-order chi connectivity index (χ1) is 7.28. The van der Waals surface area contributed by atoms with Crippen molar-refractivity contribution in [1.82, 2.24) is 5.32 Å². The molecule has 0 aromatic heterocycles. The van der Waals surface area contributed by atoms with Gasteiger partial charge in [0, 0.05) is 32.6 Å². The predicted octanol–water partition coefficient (Wildman–Crippen LogP) is 0.119. The Morgan fingerprint density at radius 2 is 2.06 bits per heavy atom. The van der Waals surface area contributed by atoms with Crippen molar-refractivity contribution in [1.29, 1.82) is 0 Å². The lowest BCUT2D eigenvalue weighted by Gasteiger charge is -2.44. The quantitative estimate of drug-likeness (QED) is 0.671. The van der Waals surface area contributed by atoms with Gasteiger partial charge in [0.1, 0.15) is 6.04 Å². The van der Waals surface area contributed by atoms with Gasteiger partial charge in [0.2, 0.25) is 0 Å². The van der Waals surface area contributed by atoms with Gasteiger partial charge >= 0.3 is 5.97 Å². The molecule has 0 aliphatic carbocycles. The van der Waals surface area contributed by atoms with E-state index in [-0.39, 0.29) is 24.4 Å². The van der Waals surface area contributed by atoms with Gasteiger partial charge in [0.25, 0.3) is 0 Å². The minimum Gasteiger partial charge on any atom is -0.468 e. The molecule has 0 bridgehead atoms. The topological polar surface area (TPSA) is 56.8 Å². The zero-order chi connectivity index (χ0) is 10.7. The van der Waals surface area contributed by atoms with E-state index in [2.05, 4.69) is 5.32 Å². The van der Waals surface area contributed by atoms with Gasteiger partial charge < -0.3 is 14.2 Å². The van der Waals surface area contributed by atoms with Crippen molar-refractivity contribution in [2.45, 2.75) is 24.5 Å². The zero-order valence-electron chi connectivity index (χ0n) is 9.36. The maximum Gasteiger partial charge on any atom is 0.325 e. The Morgan fingerprint density at radius 1 is 1.38 bits per heavy atom. The highest BCUT2D eigenvalue weighted by molar-refractivity contribution is 5.85. The number of morpholine rings is 1. The van der Waals surface area contributed by atoms with Gasteiger partial charge in [-0.3, -0.25) is 10.1 Å². The predicted molar refractivity (Wildman–Crippen MR) is 59.8 cm³/mol. The van der Waals surface area contributed by atoms with Crippen LogP contribution in [0.25, 0.3) is 0 Å². The Morgan fingerprint density at radius 3 is 2.69 bits per heavy atom. The lowest BCUT2D eigenvalue weighted by molar-refractivity contribution is -0.176. The van der Waals surface area contributed by atoms with Gasteiger partial charge in [-0.05, 0) is 0 Å². The van der Waals surface area contributed by atoms with Crippen molar-refractivity contribution in [2.75, 3.05) is 33.5 Å². The van der Waals surface area contributed by atoms with E-state index in [0.29, 0.717) is 26.4 Å². The Bertz CT molecular complexity index is 235. The van der Waals surface area contributed by atoms with Crippen molar-refractivity contribution in [3.8, 4) is 0 Å². The van der Waals surface area contributed by atoms with Gasteiger partial charge in [0.05, 0.1) is 19.3 Å². The molecule has 2 fully saturated rings. The summed E-state index contributed by atoms with van der Waals surface area (Å²) < 4.78 is 15.9. The third-order valence-electron chi connectivity index (χ3n) is 3.14. The number of nitrogens with one attached hydrogen (secondary N) is 1. The van der Waals surface area contributed by atoms with Crippen molar-refractivity contribution in [3.63, 3.8) is 0 Å². The fourth-order valence-corrected chi connectivity index (χ4v) is 2.29. The number of methoxy groups -OCH3 is 1. The first kappa shape index (κ1) is 13.7. The van der Waals surface area contributed by atoms with E-state index in [9.17, 15) is 4.79 Å². The molecule has 1 N–H and O–H groups in total. The summed E-state index contributed by atoms with van der Waals surface area (Å²) in [5.41, 5.74) is -0.413. The van der Waals surface area contributed by atoms with E-state index in [1.165, 1.54) is 7.11 Å². The van der Waals surface area contributed by atoms with E-state index < -0.39 is 5.60 Å². The number of hydrogen-bond acceptors (Lipinski definition) is 5. The molecule has 94 valence electrons. The molecule has 0 aromatic rings. The smallest absolute Gasteiger partial charge is 0.325 e. The van der Waals surface area contributed by atoms with Crippen molar-refractivity contribution in [3.05, 3.63) is 0 Å². The van der Waals surface area contributed by atoms with Gasteiger partial charge in [-0.2, -0.15) is 0 Å². The first-order valence-electron chi connectivity index (χ1n) is 5.31. The van der Waals surface area contributed by atoms with E-state index in [1.54, 1.807) is 0 Å². The van der Waals surface area contributed by atoms with Crippen LogP contribution in [0.4, 0.5) is 0 Å². The standard InChI is InChI=1S/C10H17NO4.ClH/c1-13-9(12)8-10(15-7-4-11-8)2-5-14-6-3-10;/h8,11H,2-7H2,1H3;1H. The number of halogens is 1. The van der Waals surface area contributed by atoms with Crippen molar-refractivity contribution >= 4 is 18.4 Å². The van der Waals surface area contributed by atoms with Crippen molar-refractivity contribution < 1.29 is 19.0 Å². The molecule has 2 aliphatic heterocycles. The van der Waals surface area contributed by atoms with E-state index >= 15 is 0 Å². The summed E-state index contributed by atoms with van der Waals surface area (Å²) in [4.78, 5) is 11.6. The number of rotatable bonds is 1. The van der Waals surface area contributed by atoms with Crippen LogP contribution in [0.1, 0.15) is 12.8 Å². The largest absolute Gasteiger partial charge is 0.468 e. The van der Waals surface area contributed by atoms with Gasteiger partial charge in [-0.25, -0.2) is 0 Å². The molecule has 1 unspecified atom stereocenters. The monoisotopic (exact) mass is 251 g/mol. The number of hydrogen-bond donors (Lipinski definition) is 1. The average Bonchev–Trinajstić information content (AvgIpc) is 2.30. The zero-order valence-corrected chi connectivity index (χ0v) is 10.2. The van der Waals surface area contributed by atoms with Crippen LogP contribution in [0.5, 0.6) is 0 Å². The molecular weight excluding hydrogens is 234 g/mol. The molecule has 0 amide bonds. The highest BCUT2D eigenvalue weighted by Gasteiger charge is 2.47. The number of carbonyl (C=O) groups is 1. The number of carbonyl (C=O) groups excluding carboxylic acids is 1. The summed E-state index contributed by atoms with van der Waals surface area (Å²) in [5.74, 6) is -0.239. The molecule has 0 radical (unpaired) electrons. The molecule has 2 rings (SSSR count). The fourth-order valence-electron chi connectivity index (χ4n) is 2.29. The molecule has 0 saturated carbocycles. The summed E-state index contributed by atoms with van der Waals surface area (Å²) in [6, 6.07) is -0.347. The SMILES string of the molecule is COC(=O)C1NCCOC12CCOCC2.Cl. The highest BCUT2D eigenvalue weighted by Crippen LogP contribution is 2.31. The first-order valence-corrected chi connectivity index (χ1v) is 5.31. The fraction of sp³-hybridized carbons (Fsp3) is 0.900. The Hall–Kier alpha value is -0.360. The van der Waals surface area contributed by atoms with Crippen LogP contribution in [0.15, 0.2) is 0 Å². The Kier molecular flexibility index (Phi) is 4.98. The summed E-state index contributed by atoms with van der Waals surface area (Å²) in [6.07, 6.45) is 1.50. The lowest BCUT2D eigenvalue weighted by atomic mass is 9.85. The maximum atomic E-state index is 11.6. The average molecular weight is 252 g/mol. The molecule has 2 saturated heterocycles. The third-order valence-corrected chi connectivity index (χ3v) is 3.14. The summed E-state index contributed by atoms with van der Waals surface area (Å²) in [7, 11) is 1.41. The molecule has 5 nitrogen and oxygen atoms in total. The summed E-state index contributed by atoms with van der Waals surface area (Å²) >= 11 is 0. The Balaban J connectivity index is 0.00000128. The van der Waals surface area contributed by atoms with Gasteiger partial charge in [-0.15, -0.1) is 12.4 Å². The van der Waals surface area contributed by atoms with Crippen LogP contribution in [-0.2, 0) is 19.0 Å². The second kappa shape index (κ2) is 5.82. The van der Waals surface area contributed by atoms with Gasteiger partial charge in [0.15, 0.2) is 0 Å².